The van der Waals surface area contributed by atoms with Gasteiger partial charge in [-0.3, -0.25) is 4.72 Å². The largest absolute Gasteiger partial charge is 0.384 e. The molecule has 0 amide bonds. The number of nitrogens with zero attached hydrogens (tertiary/aromatic N) is 1. The maximum atomic E-state index is 12.1. The van der Waals surface area contributed by atoms with Crippen molar-refractivity contribution < 1.29 is 13.5 Å². The summed E-state index contributed by atoms with van der Waals surface area (Å²) in [6.07, 6.45) is 1.34. The van der Waals surface area contributed by atoms with Gasteiger partial charge in [-0.1, -0.05) is 11.8 Å². The quantitative estimate of drug-likeness (QED) is 0.844. The minimum atomic E-state index is -3.59. The third kappa shape index (κ3) is 3.57. The van der Waals surface area contributed by atoms with Crippen LogP contribution in [-0.4, -0.2) is 25.1 Å². The van der Waals surface area contributed by atoms with Gasteiger partial charge in [-0.05, 0) is 31.2 Å². The Morgan fingerprint density at radius 2 is 2.05 bits per heavy atom. The lowest BCUT2D eigenvalue weighted by molar-refractivity contribution is 0.350. The normalized spacial score (nSPS) is 10.7. The Kier molecular flexibility index (Phi) is 4.39. The molecule has 0 fully saturated rings. The average molecular weight is 308 g/mol. The highest BCUT2D eigenvalue weighted by Gasteiger charge is 2.16. The van der Waals surface area contributed by atoms with E-state index in [0.29, 0.717) is 16.3 Å². The van der Waals surface area contributed by atoms with Gasteiger partial charge in [-0.15, -0.1) is 11.3 Å². The monoisotopic (exact) mass is 308 g/mol. The zero-order chi connectivity index (χ0) is 14.6. The SMILES string of the molecule is Cc1ncc(S(=O)(=O)Nc2ccc(C#CCO)cc2)s1. The Balaban J connectivity index is 2.17. The molecule has 1 aromatic carbocycles. The van der Waals surface area contributed by atoms with E-state index in [1.54, 1.807) is 31.2 Å². The topological polar surface area (TPSA) is 79.3 Å². The van der Waals surface area contributed by atoms with Crippen molar-refractivity contribution in [1.29, 1.82) is 0 Å². The number of anilines is 1. The van der Waals surface area contributed by atoms with Crippen LogP contribution in [0.15, 0.2) is 34.7 Å². The van der Waals surface area contributed by atoms with Crippen molar-refractivity contribution in [2.24, 2.45) is 0 Å². The van der Waals surface area contributed by atoms with Crippen molar-refractivity contribution in [1.82, 2.24) is 4.98 Å². The summed E-state index contributed by atoms with van der Waals surface area (Å²) in [5.41, 5.74) is 1.15. The highest BCUT2D eigenvalue weighted by molar-refractivity contribution is 7.94. The Morgan fingerprint density at radius 3 is 2.60 bits per heavy atom. The van der Waals surface area contributed by atoms with E-state index in [0.717, 1.165) is 11.3 Å². The van der Waals surface area contributed by atoms with Crippen LogP contribution in [0.5, 0.6) is 0 Å². The van der Waals surface area contributed by atoms with Crippen LogP contribution in [0.4, 0.5) is 5.69 Å². The Bertz CT molecular complexity index is 753. The molecule has 2 N–H and O–H groups in total. The van der Waals surface area contributed by atoms with Crippen molar-refractivity contribution in [3.05, 3.63) is 41.0 Å². The van der Waals surface area contributed by atoms with E-state index in [9.17, 15) is 8.42 Å². The van der Waals surface area contributed by atoms with Crippen molar-refractivity contribution in [3.63, 3.8) is 0 Å². The molecule has 0 atom stereocenters. The number of aliphatic hydroxyl groups is 1. The van der Waals surface area contributed by atoms with E-state index in [2.05, 4.69) is 21.5 Å². The van der Waals surface area contributed by atoms with Crippen molar-refractivity contribution in [2.75, 3.05) is 11.3 Å². The summed E-state index contributed by atoms with van der Waals surface area (Å²) in [6, 6.07) is 6.59. The number of thiazole rings is 1. The van der Waals surface area contributed by atoms with Gasteiger partial charge in [-0.25, -0.2) is 13.4 Å². The molecule has 2 aromatic rings. The number of aliphatic hydroxyl groups excluding tert-OH is 1. The van der Waals surface area contributed by atoms with Crippen LogP contribution in [0.2, 0.25) is 0 Å². The lowest BCUT2D eigenvalue weighted by Gasteiger charge is -2.05. The molecule has 0 bridgehead atoms. The summed E-state index contributed by atoms with van der Waals surface area (Å²) >= 11 is 1.12. The standard InChI is InChI=1S/C13H12N2O3S2/c1-10-14-9-13(19-10)20(17,18)15-12-6-4-11(5-7-12)3-2-8-16/h4-7,9,15-16H,8H2,1H3. The highest BCUT2D eigenvalue weighted by Crippen LogP contribution is 2.21. The number of benzene rings is 1. The molecule has 0 aliphatic carbocycles. The molecule has 0 aliphatic heterocycles. The molecule has 7 heteroatoms. The van der Waals surface area contributed by atoms with Crippen molar-refractivity contribution in [2.45, 2.75) is 11.1 Å². The van der Waals surface area contributed by atoms with E-state index in [-0.39, 0.29) is 10.8 Å². The highest BCUT2D eigenvalue weighted by atomic mass is 32.2. The second-order valence-corrected chi connectivity index (χ2v) is 6.99. The molecule has 0 unspecified atom stereocenters. The first kappa shape index (κ1) is 14.5. The summed E-state index contributed by atoms with van der Waals surface area (Å²) in [7, 11) is -3.59. The predicted molar refractivity (Wildman–Crippen MR) is 78.1 cm³/mol. The number of sulfonamides is 1. The predicted octanol–water partition coefficient (Wildman–Crippen LogP) is 1.60. The molecule has 5 nitrogen and oxygen atoms in total. The Morgan fingerprint density at radius 1 is 1.35 bits per heavy atom. The van der Waals surface area contributed by atoms with Crippen LogP contribution in [0.1, 0.15) is 10.6 Å². The summed E-state index contributed by atoms with van der Waals surface area (Å²) in [5, 5.41) is 9.29. The third-order valence-corrected chi connectivity index (χ3v) is 5.07. The van der Waals surface area contributed by atoms with Crippen molar-refractivity contribution >= 4 is 27.0 Å². The number of aromatic nitrogens is 1. The van der Waals surface area contributed by atoms with Gasteiger partial charge in [0.05, 0.1) is 11.2 Å². The van der Waals surface area contributed by atoms with Gasteiger partial charge in [0.1, 0.15) is 6.61 Å². The maximum absolute atomic E-state index is 12.1. The van der Waals surface area contributed by atoms with Crippen LogP contribution in [0.3, 0.4) is 0 Å². The fourth-order valence-corrected chi connectivity index (χ4v) is 3.60. The molecule has 20 heavy (non-hydrogen) atoms. The van der Waals surface area contributed by atoms with E-state index in [4.69, 9.17) is 5.11 Å². The number of rotatable bonds is 3. The number of hydrogen-bond donors (Lipinski definition) is 2. The first-order valence-electron chi connectivity index (χ1n) is 5.66. The summed E-state index contributed by atoms with van der Waals surface area (Å²) < 4.78 is 26.8. The Hall–Kier alpha value is -1.88. The molecular formula is C13H12N2O3S2. The fraction of sp³-hybridized carbons (Fsp3) is 0.154. The summed E-state index contributed by atoms with van der Waals surface area (Å²) in [4.78, 5) is 3.93. The van der Waals surface area contributed by atoms with E-state index < -0.39 is 10.0 Å². The van der Waals surface area contributed by atoms with Gasteiger partial charge in [0, 0.05) is 11.3 Å². The number of nitrogens with one attached hydrogen (secondary N) is 1. The lowest BCUT2D eigenvalue weighted by atomic mass is 10.2. The second kappa shape index (κ2) is 6.05. The van der Waals surface area contributed by atoms with Gasteiger partial charge in [0.25, 0.3) is 10.0 Å². The van der Waals surface area contributed by atoms with Crippen LogP contribution < -0.4 is 4.72 Å². The van der Waals surface area contributed by atoms with Crippen LogP contribution in [0, 0.1) is 18.8 Å². The van der Waals surface area contributed by atoms with Crippen LogP contribution >= 0.6 is 11.3 Å². The van der Waals surface area contributed by atoms with E-state index in [1.165, 1.54) is 6.20 Å². The lowest BCUT2D eigenvalue weighted by Crippen LogP contribution is -2.11. The molecule has 0 spiro atoms. The minimum absolute atomic E-state index is 0.180. The zero-order valence-electron chi connectivity index (χ0n) is 10.6. The van der Waals surface area contributed by atoms with Crippen LogP contribution in [-0.2, 0) is 10.0 Å². The first-order valence-corrected chi connectivity index (χ1v) is 7.96. The smallest absolute Gasteiger partial charge is 0.273 e. The van der Waals surface area contributed by atoms with E-state index in [1.807, 2.05) is 0 Å². The molecule has 1 heterocycles. The molecule has 0 aliphatic rings. The molecular weight excluding hydrogens is 296 g/mol. The maximum Gasteiger partial charge on any atom is 0.273 e. The molecule has 2 rings (SSSR count). The van der Waals surface area contributed by atoms with Gasteiger partial charge in [0.2, 0.25) is 0 Å². The molecule has 0 saturated heterocycles. The fourth-order valence-electron chi connectivity index (χ4n) is 1.43. The van der Waals surface area contributed by atoms with Crippen molar-refractivity contribution in [3.8, 4) is 11.8 Å². The Labute approximate surface area is 121 Å². The van der Waals surface area contributed by atoms with Gasteiger partial charge in [0.15, 0.2) is 4.21 Å². The first-order chi connectivity index (χ1) is 9.51. The molecule has 104 valence electrons. The number of aryl methyl sites for hydroxylation is 1. The second-order valence-electron chi connectivity index (χ2n) is 3.84. The number of hydrogen-bond acceptors (Lipinski definition) is 5. The van der Waals surface area contributed by atoms with Gasteiger partial charge >= 0.3 is 0 Å². The van der Waals surface area contributed by atoms with Crippen LogP contribution in [0.25, 0.3) is 0 Å². The summed E-state index contributed by atoms with van der Waals surface area (Å²) in [5.74, 6) is 5.26. The van der Waals surface area contributed by atoms with Gasteiger partial charge in [-0.2, -0.15) is 0 Å². The van der Waals surface area contributed by atoms with Gasteiger partial charge < -0.3 is 5.11 Å². The summed E-state index contributed by atoms with van der Waals surface area (Å²) in [6.45, 7) is 1.54. The zero-order valence-corrected chi connectivity index (χ0v) is 12.3. The van der Waals surface area contributed by atoms with E-state index >= 15 is 0 Å². The third-order valence-electron chi connectivity index (χ3n) is 2.31. The molecule has 0 radical (unpaired) electrons. The molecule has 0 saturated carbocycles. The average Bonchev–Trinajstić information content (AvgIpc) is 2.85. The molecule has 1 aromatic heterocycles. The minimum Gasteiger partial charge on any atom is -0.384 e.